The van der Waals surface area contributed by atoms with Crippen LogP contribution in [0.1, 0.15) is 29.9 Å². The van der Waals surface area contributed by atoms with Crippen molar-refractivity contribution in [2.75, 3.05) is 17.3 Å². The number of nitrogens with one attached hydrogen (secondary N) is 1. The standard InChI is InChI=1S/C21H19ClF4N4O/c1-12(2)29(3)18-9-6-14(10-17(18)23)28-20(31)16-11-27-30(19(16)21(24,25)26)15-7-4-13(22)5-8-15/h4-12H,1-3H3,(H,28,31). The zero-order valence-corrected chi connectivity index (χ0v) is 17.6. The van der Waals surface area contributed by atoms with Gasteiger partial charge >= 0.3 is 6.18 Å². The number of alkyl halides is 3. The van der Waals surface area contributed by atoms with Crippen molar-refractivity contribution in [1.82, 2.24) is 9.78 Å². The third kappa shape index (κ3) is 4.82. The topological polar surface area (TPSA) is 50.2 Å². The lowest BCUT2D eigenvalue weighted by Gasteiger charge is -2.24. The molecule has 1 N–H and O–H groups in total. The van der Waals surface area contributed by atoms with Gasteiger partial charge < -0.3 is 10.2 Å². The number of hydrogen-bond acceptors (Lipinski definition) is 3. The van der Waals surface area contributed by atoms with E-state index in [1.54, 1.807) is 11.9 Å². The number of carbonyl (C=O) groups excluding carboxylic acids is 1. The summed E-state index contributed by atoms with van der Waals surface area (Å²) in [5.74, 6) is -1.67. The lowest BCUT2D eigenvalue weighted by Crippen LogP contribution is -2.26. The van der Waals surface area contributed by atoms with Crippen LogP contribution in [0, 0.1) is 5.82 Å². The van der Waals surface area contributed by atoms with Crippen LogP contribution in [-0.4, -0.2) is 28.8 Å². The Kier molecular flexibility index (Phi) is 6.26. The maximum atomic E-state index is 14.4. The smallest absolute Gasteiger partial charge is 0.370 e. The summed E-state index contributed by atoms with van der Waals surface area (Å²) in [4.78, 5) is 14.3. The molecule has 1 amide bonds. The first kappa shape index (κ1) is 22.6. The number of rotatable bonds is 5. The van der Waals surface area contributed by atoms with Crippen molar-refractivity contribution in [3.63, 3.8) is 0 Å². The molecule has 0 radical (unpaired) electrons. The SMILES string of the molecule is CC(C)N(C)c1ccc(NC(=O)c2cnn(-c3ccc(Cl)cc3)c2C(F)(F)F)cc1F. The van der Waals surface area contributed by atoms with Crippen LogP contribution in [0.3, 0.4) is 0 Å². The van der Waals surface area contributed by atoms with E-state index >= 15 is 0 Å². The number of benzene rings is 2. The van der Waals surface area contributed by atoms with E-state index in [-0.39, 0.29) is 17.4 Å². The number of aromatic nitrogens is 2. The summed E-state index contributed by atoms with van der Waals surface area (Å²) in [7, 11) is 1.71. The summed E-state index contributed by atoms with van der Waals surface area (Å²) in [5, 5.41) is 6.38. The van der Waals surface area contributed by atoms with Crippen LogP contribution in [0.15, 0.2) is 48.7 Å². The predicted octanol–water partition coefficient (Wildman–Crippen LogP) is 5.78. The second kappa shape index (κ2) is 8.58. The molecule has 0 aliphatic heterocycles. The fourth-order valence-electron chi connectivity index (χ4n) is 2.91. The zero-order chi connectivity index (χ0) is 22.9. The Hall–Kier alpha value is -3.07. The van der Waals surface area contributed by atoms with E-state index in [0.29, 0.717) is 15.4 Å². The average Bonchev–Trinajstić information content (AvgIpc) is 3.14. The van der Waals surface area contributed by atoms with Gasteiger partial charge in [0, 0.05) is 23.8 Å². The van der Waals surface area contributed by atoms with Crippen molar-refractivity contribution in [2.24, 2.45) is 0 Å². The fraction of sp³-hybridized carbons (Fsp3) is 0.238. The third-order valence-electron chi connectivity index (χ3n) is 4.71. The summed E-state index contributed by atoms with van der Waals surface area (Å²) in [6, 6.07) is 9.50. The fourth-order valence-corrected chi connectivity index (χ4v) is 3.04. The first-order valence-corrected chi connectivity index (χ1v) is 9.61. The molecule has 3 rings (SSSR count). The molecule has 0 saturated carbocycles. The normalized spacial score (nSPS) is 11.6. The maximum Gasteiger partial charge on any atom is 0.434 e. The minimum absolute atomic E-state index is 0.0239. The van der Waals surface area contributed by atoms with Crippen LogP contribution in [0.2, 0.25) is 5.02 Å². The van der Waals surface area contributed by atoms with Gasteiger partial charge in [0.15, 0.2) is 5.69 Å². The summed E-state index contributed by atoms with van der Waals surface area (Å²) >= 11 is 5.79. The van der Waals surface area contributed by atoms with Crippen molar-refractivity contribution in [3.05, 3.63) is 70.8 Å². The Balaban J connectivity index is 1.94. The lowest BCUT2D eigenvalue weighted by atomic mass is 10.2. The Bertz CT molecular complexity index is 1090. The van der Waals surface area contributed by atoms with Crippen LogP contribution in [0.4, 0.5) is 28.9 Å². The Morgan fingerprint density at radius 1 is 1.16 bits per heavy atom. The van der Waals surface area contributed by atoms with E-state index in [1.807, 2.05) is 13.8 Å². The number of carbonyl (C=O) groups is 1. The van der Waals surface area contributed by atoms with Crippen molar-refractivity contribution in [2.45, 2.75) is 26.1 Å². The maximum absolute atomic E-state index is 14.4. The van der Waals surface area contributed by atoms with Crippen LogP contribution in [-0.2, 0) is 6.18 Å². The van der Waals surface area contributed by atoms with E-state index in [2.05, 4.69) is 10.4 Å². The van der Waals surface area contributed by atoms with Gasteiger partial charge in [-0.2, -0.15) is 18.3 Å². The Labute approximate surface area is 181 Å². The highest BCUT2D eigenvalue weighted by Gasteiger charge is 2.40. The molecular weight excluding hydrogens is 436 g/mol. The Morgan fingerprint density at radius 3 is 2.35 bits per heavy atom. The molecule has 2 aromatic carbocycles. The molecule has 5 nitrogen and oxygen atoms in total. The van der Waals surface area contributed by atoms with Gasteiger partial charge in [0.2, 0.25) is 0 Å². The molecule has 0 unspecified atom stereocenters. The summed E-state index contributed by atoms with van der Waals surface area (Å²) in [5.41, 5.74) is -1.52. The summed E-state index contributed by atoms with van der Waals surface area (Å²) in [6.45, 7) is 3.76. The van der Waals surface area contributed by atoms with Crippen molar-refractivity contribution in [3.8, 4) is 5.69 Å². The summed E-state index contributed by atoms with van der Waals surface area (Å²) < 4.78 is 56.3. The lowest BCUT2D eigenvalue weighted by molar-refractivity contribution is -0.143. The first-order valence-electron chi connectivity index (χ1n) is 9.24. The van der Waals surface area contributed by atoms with Gasteiger partial charge in [0.1, 0.15) is 5.82 Å². The molecule has 10 heteroatoms. The molecule has 0 aliphatic rings. The van der Waals surface area contributed by atoms with Gasteiger partial charge in [0.25, 0.3) is 5.91 Å². The second-order valence-corrected chi connectivity index (χ2v) is 7.55. The van der Waals surface area contributed by atoms with E-state index in [1.165, 1.54) is 36.4 Å². The molecule has 0 spiro atoms. The van der Waals surface area contributed by atoms with Gasteiger partial charge in [-0.15, -0.1) is 0 Å². The molecule has 164 valence electrons. The number of hydrogen-bond donors (Lipinski definition) is 1. The quantitative estimate of drug-likeness (QED) is 0.497. The molecular formula is C21H19ClF4N4O. The second-order valence-electron chi connectivity index (χ2n) is 7.12. The highest BCUT2D eigenvalue weighted by Crippen LogP contribution is 2.34. The van der Waals surface area contributed by atoms with E-state index in [4.69, 9.17) is 11.6 Å². The highest BCUT2D eigenvalue weighted by molar-refractivity contribution is 6.30. The van der Waals surface area contributed by atoms with Gasteiger partial charge in [-0.3, -0.25) is 4.79 Å². The van der Waals surface area contributed by atoms with Gasteiger partial charge in [-0.05, 0) is 56.3 Å². The van der Waals surface area contributed by atoms with Crippen molar-refractivity contribution in [1.29, 1.82) is 0 Å². The van der Waals surface area contributed by atoms with Gasteiger partial charge in [0.05, 0.1) is 23.1 Å². The minimum Gasteiger partial charge on any atom is -0.370 e. The van der Waals surface area contributed by atoms with E-state index < -0.39 is 29.2 Å². The monoisotopic (exact) mass is 454 g/mol. The predicted molar refractivity (Wildman–Crippen MR) is 111 cm³/mol. The average molecular weight is 455 g/mol. The first-order chi connectivity index (χ1) is 14.5. The van der Waals surface area contributed by atoms with Crippen LogP contribution < -0.4 is 10.2 Å². The van der Waals surface area contributed by atoms with Gasteiger partial charge in [-0.1, -0.05) is 11.6 Å². The summed E-state index contributed by atoms with van der Waals surface area (Å²) in [6.07, 6.45) is -4.04. The zero-order valence-electron chi connectivity index (χ0n) is 16.8. The van der Waals surface area contributed by atoms with Crippen molar-refractivity contribution >= 4 is 28.9 Å². The van der Waals surface area contributed by atoms with Crippen LogP contribution in [0.5, 0.6) is 0 Å². The molecule has 31 heavy (non-hydrogen) atoms. The van der Waals surface area contributed by atoms with Crippen molar-refractivity contribution < 1.29 is 22.4 Å². The number of anilines is 2. The molecule has 1 heterocycles. The molecule has 1 aromatic heterocycles. The van der Waals surface area contributed by atoms with Gasteiger partial charge in [-0.25, -0.2) is 9.07 Å². The van der Waals surface area contributed by atoms with E-state index in [0.717, 1.165) is 12.3 Å². The molecule has 0 fully saturated rings. The van der Waals surface area contributed by atoms with Crippen LogP contribution >= 0.6 is 11.6 Å². The highest BCUT2D eigenvalue weighted by atomic mass is 35.5. The molecule has 0 bridgehead atoms. The molecule has 0 aliphatic carbocycles. The number of halogens is 5. The molecule has 0 saturated heterocycles. The molecule has 3 aromatic rings. The van der Waals surface area contributed by atoms with E-state index in [9.17, 15) is 22.4 Å². The largest absolute Gasteiger partial charge is 0.434 e. The minimum atomic E-state index is -4.86. The Morgan fingerprint density at radius 2 is 1.81 bits per heavy atom. The third-order valence-corrected chi connectivity index (χ3v) is 4.97. The number of amides is 1. The number of nitrogens with zero attached hydrogens (tertiary/aromatic N) is 3. The van der Waals surface area contributed by atoms with Crippen LogP contribution in [0.25, 0.3) is 5.69 Å². The molecule has 0 atom stereocenters.